The number of nitrogens with two attached hydrogens (primary N) is 1. The largest absolute Gasteiger partial charge is 0.325 e. The fourth-order valence-electron chi connectivity index (χ4n) is 3.20. The smallest absolute Gasteiger partial charge is 0.270 e. The van der Waals surface area contributed by atoms with E-state index in [4.69, 9.17) is 5.73 Å². The maximum absolute atomic E-state index is 10.8. The molecule has 0 aromatic heterocycles. The van der Waals surface area contributed by atoms with Crippen molar-refractivity contribution in [2.75, 3.05) is 0 Å². The summed E-state index contributed by atoms with van der Waals surface area (Å²) in [6.45, 7) is 2.22. The van der Waals surface area contributed by atoms with Gasteiger partial charge in [-0.3, -0.25) is 10.1 Å². The van der Waals surface area contributed by atoms with Gasteiger partial charge in [-0.25, -0.2) is 0 Å². The van der Waals surface area contributed by atoms with Crippen LogP contribution < -0.4 is 5.73 Å². The highest BCUT2D eigenvalue weighted by atomic mass is 79.9. The van der Waals surface area contributed by atoms with Gasteiger partial charge in [0.25, 0.3) is 5.69 Å². The number of non-ortho nitro benzene ring substituents is 1. The number of rotatable bonds is 4. The third-order valence-corrected chi connectivity index (χ3v) is 5.09. The SMILES string of the molecule is CCC1CCCC(N)(Cc2ccc([N+](=O)[O-])cc2Br)C1. The van der Waals surface area contributed by atoms with Crippen LogP contribution in [0.1, 0.15) is 44.6 Å². The molecule has 1 saturated carbocycles. The summed E-state index contributed by atoms with van der Waals surface area (Å²) in [6.07, 6.45) is 6.50. The number of hydrogen-bond donors (Lipinski definition) is 1. The maximum Gasteiger partial charge on any atom is 0.270 e. The Hall–Kier alpha value is -0.940. The van der Waals surface area contributed by atoms with Crippen LogP contribution in [0.25, 0.3) is 0 Å². The standard InChI is InChI=1S/C15H21BrN2O2/c1-2-11-4-3-7-15(17,9-11)10-12-5-6-13(18(19)20)8-14(12)16/h5-6,8,11H,2-4,7,9-10,17H2,1H3. The van der Waals surface area contributed by atoms with Crippen LogP contribution in [0.5, 0.6) is 0 Å². The molecule has 2 unspecified atom stereocenters. The lowest BCUT2D eigenvalue weighted by Crippen LogP contribution is -2.46. The zero-order valence-electron chi connectivity index (χ0n) is 11.8. The van der Waals surface area contributed by atoms with Crippen molar-refractivity contribution in [2.24, 2.45) is 11.7 Å². The number of nitro groups is 1. The molecule has 1 aromatic carbocycles. The van der Waals surface area contributed by atoms with Crippen molar-refractivity contribution in [2.45, 2.75) is 51.0 Å². The van der Waals surface area contributed by atoms with Crippen LogP contribution in [0.15, 0.2) is 22.7 Å². The molecular formula is C15H21BrN2O2. The highest BCUT2D eigenvalue weighted by Gasteiger charge is 2.32. The lowest BCUT2D eigenvalue weighted by molar-refractivity contribution is -0.384. The van der Waals surface area contributed by atoms with Crippen LogP contribution in [0.2, 0.25) is 0 Å². The number of nitrogens with zero attached hydrogens (tertiary/aromatic N) is 1. The molecule has 4 nitrogen and oxygen atoms in total. The number of nitro benzene ring substituents is 1. The summed E-state index contributed by atoms with van der Waals surface area (Å²) in [6, 6.07) is 4.95. The van der Waals surface area contributed by atoms with E-state index in [1.807, 2.05) is 6.07 Å². The first kappa shape index (κ1) is 15.4. The lowest BCUT2D eigenvalue weighted by atomic mass is 9.72. The fraction of sp³-hybridized carbons (Fsp3) is 0.600. The van der Waals surface area contributed by atoms with Gasteiger partial charge in [-0.15, -0.1) is 0 Å². The molecular weight excluding hydrogens is 320 g/mol. The molecule has 0 spiro atoms. The Morgan fingerprint density at radius 3 is 2.90 bits per heavy atom. The summed E-state index contributed by atoms with van der Waals surface area (Å²) in [5.74, 6) is 0.713. The zero-order valence-corrected chi connectivity index (χ0v) is 13.4. The summed E-state index contributed by atoms with van der Waals surface area (Å²) in [4.78, 5) is 10.4. The molecule has 1 aliphatic rings. The van der Waals surface area contributed by atoms with Crippen LogP contribution in [0, 0.1) is 16.0 Å². The summed E-state index contributed by atoms with van der Waals surface area (Å²) in [7, 11) is 0. The molecule has 2 atom stereocenters. The van der Waals surface area contributed by atoms with Crippen molar-refractivity contribution in [3.8, 4) is 0 Å². The van der Waals surface area contributed by atoms with Gasteiger partial charge in [0, 0.05) is 22.1 Å². The molecule has 0 amide bonds. The molecule has 0 saturated heterocycles. The van der Waals surface area contributed by atoms with Gasteiger partial charge >= 0.3 is 0 Å². The number of halogens is 1. The second kappa shape index (κ2) is 6.22. The first-order valence-corrected chi connectivity index (χ1v) is 7.94. The molecule has 0 heterocycles. The topological polar surface area (TPSA) is 69.2 Å². The van der Waals surface area contributed by atoms with Gasteiger partial charge in [0.15, 0.2) is 0 Å². The molecule has 0 aliphatic heterocycles. The Morgan fingerprint density at radius 1 is 1.55 bits per heavy atom. The quantitative estimate of drug-likeness (QED) is 0.659. The van der Waals surface area contributed by atoms with Crippen LogP contribution in [-0.4, -0.2) is 10.5 Å². The van der Waals surface area contributed by atoms with Gasteiger partial charge in [0.1, 0.15) is 0 Å². The Labute approximate surface area is 128 Å². The van der Waals surface area contributed by atoms with E-state index in [2.05, 4.69) is 22.9 Å². The van der Waals surface area contributed by atoms with E-state index in [9.17, 15) is 10.1 Å². The van der Waals surface area contributed by atoms with Gasteiger partial charge in [0.2, 0.25) is 0 Å². The van der Waals surface area contributed by atoms with Gasteiger partial charge < -0.3 is 5.73 Å². The molecule has 0 bridgehead atoms. The van der Waals surface area contributed by atoms with Crippen LogP contribution in [0.3, 0.4) is 0 Å². The molecule has 1 aromatic rings. The summed E-state index contributed by atoms with van der Waals surface area (Å²) < 4.78 is 0.787. The monoisotopic (exact) mass is 340 g/mol. The van der Waals surface area contributed by atoms with E-state index in [1.165, 1.54) is 19.3 Å². The number of benzene rings is 1. The van der Waals surface area contributed by atoms with Crippen molar-refractivity contribution >= 4 is 21.6 Å². The molecule has 1 aliphatic carbocycles. The van der Waals surface area contributed by atoms with Crippen LogP contribution >= 0.6 is 15.9 Å². The van der Waals surface area contributed by atoms with Crippen molar-refractivity contribution in [3.63, 3.8) is 0 Å². The molecule has 5 heteroatoms. The minimum absolute atomic E-state index is 0.113. The van der Waals surface area contributed by atoms with E-state index < -0.39 is 0 Å². The molecule has 20 heavy (non-hydrogen) atoms. The normalized spacial score (nSPS) is 26.4. The fourth-order valence-corrected chi connectivity index (χ4v) is 3.71. The average molecular weight is 341 g/mol. The third kappa shape index (κ3) is 3.58. The molecule has 0 radical (unpaired) electrons. The zero-order chi connectivity index (χ0) is 14.8. The van der Waals surface area contributed by atoms with E-state index in [0.717, 1.165) is 29.3 Å². The maximum atomic E-state index is 10.8. The average Bonchev–Trinajstić information content (AvgIpc) is 2.40. The predicted molar refractivity (Wildman–Crippen MR) is 83.7 cm³/mol. The Kier molecular flexibility index (Phi) is 4.81. The summed E-state index contributed by atoms with van der Waals surface area (Å²) >= 11 is 3.44. The van der Waals surface area contributed by atoms with Gasteiger partial charge in [-0.05, 0) is 30.7 Å². The minimum atomic E-state index is -0.375. The first-order valence-electron chi connectivity index (χ1n) is 7.15. The van der Waals surface area contributed by atoms with E-state index in [0.29, 0.717) is 5.92 Å². The van der Waals surface area contributed by atoms with Gasteiger partial charge in [-0.2, -0.15) is 0 Å². The summed E-state index contributed by atoms with van der Waals surface area (Å²) in [5, 5.41) is 10.8. The first-order chi connectivity index (χ1) is 9.43. The van der Waals surface area contributed by atoms with Crippen molar-refractivity contribution in [3.05, 3.63) is 38.3 Å². The van der Waals surface area contributed by atoms with Crippen molar-refractivity contribution in [1.82, 2.24) is 0 Å². The highest BCUT2D eigenvalue weighted by molar-refractivity contribution is 9.10. The van der Waals surface area contributed by atoms with Gasteiger partial charge in [-0.1, -0.05) is 48.2 Å². The predicted octanol–water partition coefficient (Wildman–Crippen LogP) is 4.20. The molecule has 1 fully saturated rings. The lowest BCUT2D eigenvalue weighted by Gasteiger charge is -2.38. The third-order valence-electron chi connectivity index (χ3n) is 4.35. The van der Waals surface area contributed by atoms with E-state index in [1.54, 1.807) is 12.1 Å². The second-order valence-electron chi connectivity index (χ2n) is 5.94. The Balaban J connectivity index is 2.14. The van der Waals surface area contributed by atoms with Gasteiger partial charge in [0.05, 0.1) is 4.92 Å². The van der Waals surface area contributed by atoms with Crippen LogP contribution in [-0.2, 0) is 6.42 Å². The Morgan fingerprint density at radius 2 is 2.30 bits per heavy atom. The van der Waals surface area contributed by atoms with Crippen molar-refractivity contribution < 1.29 is 4.92 Å². The molecule has 110 valence electrons. The summed E-state index contributed by atoms with van der Waals surface area (Å²) in [5.41, 5.74) is 7.58. The molecule has 2 rings (SSSR count). The Bertz CT molecular complexity index is 507. The molecule has 2 N–H and O–H groups in total. The number of hydrogen-bond acceptors (Lipinski definition) is 3. The van der Waals surface area contributed by atoms with E-state index >= 15 is 0 Å². The van der Waals surface area contributed by atoms with E-state index in [-0.39, 0.29) is 16.1 Å². The minimum Gasteiger partial charge on any atom is -0.325 e. The van der Waals surface area contributed by atoms with Crippen LogP contribution in [0.4, 0.5) is 5.69 Å². The second-order valence-corrected chi connectivity index (χ2v) is 6.80. The highest BCUT2D eigenvalue weighted by Crippen LogP contribution is 2.36. The van der Waals surface area contributed by atoms with Crippen molar-refractivity contribution in [1.29, 1.82) is 0 Å².